The minimum absolute atomic E-state index is 0.180. The molecule has 0 bridgehead atoms. The van der Waals surface area contributed by atoms with Gasteiger partial charge in [0.05, 0.1) is 47.6 Å². The summed E-state index contributed by atoms with van der Waals surface area (Å²) >= 11 is 6.78. The lowest BCUT2D eigenvalue weighted by Crippen LogP contribution is -2.45. The van der Waals surface area contributed by atoms with Crippen LogP contribution < -0.4 is 30.3 Å². The first-order chi connectivity index (χ1) is 20.1. The Morgan fingerprint density at radius 1 is 1.10 bits per heavy atom. The minimum atomic E-state index is -1.18. The van der Waals surface area contributed by atoms with Crippen molar-refractivity contribution in [2.75, 3.05) is 34.0 Å². The molecule has 0 unspecified atom stereocenters. The number of halogens is 2. The van der Waals surface area contributed by atoms with E-state index in [4.69, 9.17) is 18.9 Å². The second kappa shape index (κ2) is 15.4. The van der Waals surface area contributed by atoms with Gasteiger partial charge in [-0.1, -0.05) is 6.07 Å². The van der Waals surface area contributed by atoms with Gasteiger partial charge in [0.15, 0.2) is 24.3 Å². The number of hydrogen-bond acceptors (Lipinski definition) is 11. The molecule has 13 nitrogen and oxygen atoms in total. The van der Waals surface area contributed by atoms with E-state index < -0.39 is 30.2 Å². The fourth-order valence-corrected chi connectivity index (χ4v) is 5.25. The summed E-state index contributed by atoms with van der Waals surface area (Å²) in [5.74, 6) is 0.0104. The Morgan fingerprint density at radius 3 is 2.45 bits per heavy atom. The number of benzene rings is 2. The minimum Gasteiger partial charge on any atom is -0.490 e. The molecule has 2 aromatic rings. The Bertz CT molecular complexity index is 1360. The highest BCUT2D eigenvalue weighted by Gasteiger charge is 2.32. The predicted octanol–water partition coefficient (Wildman–Crippen LogP) is 3.28. The molecule has 1 aliphatic heterocycles. The smallest absolute Gasteiger partial charge is 0.343 e. The van der Waals surface area contributed by atoms with Crippen LogP contribution in [0.4, 0.5) is 4.79 Å². The van der Waals surface area contributed by atoms with Crippen molar-refractivity contribution in [3.05, 3.63) is 61.7 Å². The van der Waals surface area contributed by atoms with Crippen molar-refractivity contribution in [1.29, 1.82) is 0 Å². The zero-order valence-corrected chi connectivity index (χ0v) is 26.3. The van der Waals surface area contributed by atoms with Crippen LogP contribution in [0.15, 0.2) is 55.6 Å². The Hall–Kier alpha value is -3.82. The largest absolute Gasteiger partial charge is 0.490 e. The number of aliphatic hydroxyl groups is 1. The summed E-state index contributed by atoms with van der Waals surface area (Å²) in [6.45, 7) is 3.31. The summed E-state index contributed by atoms with van der Waals surface area (Å²) in [4.78, 5) is 35.9. The van der Waals surface area contributed by atoms with Crippen LogP contribution in [0.3, 0.4) is 0 Å². The molecule has 42 heavy (non-hydrogen) atoms. The van der Waals surface area contributed by atoms with Gasteiger partial charge in [0.25, 0.3) is 0 Å². The highest BCUT2D eigenvalue weighted by atomic mass is 79.9. The van der Waals surface area contributed by atoms with Gasteiger partial charge < -0.3 is 39.4 Å². The Labute approximate surface area is 258 Å². The first-order valence-corrected chi connectivity index (χ1v) is 14.1. The van der Waals surface area contributed by atoms with Crippen LogP contribution in [-0.2, 0) is 19.1 Å². The van der Waals surface area contributed by atoms with Crippen molar-refractivity contribution in [2.24, 2.45) is 5.10 Å². The number of hydrogen-bond donors (Lipinski definition) is 4. The standard InChI is InChI=1S/C27H30Br2N4O9/c1-5-40-20-10-16(24-23(26(36)39-4)14(2)31-27(37)32-24)6-7-19(20)41-12-21(34)33-30-11-15-8-17(28)25(18(29)9-15)42-13-22(35)38-3/h6-11,21,24,33-34H,5,12-13H2,1-4H3,(H2,31,32,37)/b30-11-/t21-,24+/m1/s1. The van der Waals surface area contributed by atoms with E-state index in [2.05, 4.69) is 57.8 Å². The van der Waals surface area contributed by atoms with Crippen molar-refractivity contribution in [1.82, 2.24) is 16.1 Å². The number of rotatable bonds is 13. The van der Waals surface area contributed by atoms with Crippen LogP contribution in [-0.4, -0.2) is 69.6 Å². The van der Waals surface area contributed by atoms with Crippen LogP contribution in [0.2, 0.25) is 0 Å². The number of amides is 2. The van der Waals surface area contributed by atoms with Crippen molar-refractivity contribution in [2.45, 2.75) is 26.1 Å². The molecule has 0 saturated heterocycles. The second-order valence-corrected chi connectivity index (χ2v) is 10.3. The Morgan fingerprint density at radius 2 is 1.81 bits per heavy atom. The van der Waals surface area contributed by atoms with E-state index in [-0.39, 0.29) is 18.8 Å². The molecule has 2 amide bonds. The molecule has 226 valence electrons. The van der Waals surface area contributed by atoms with Crippen molar-refractivity contribution in [3.8, 4) is 17.2 Å². The van der Waals surface area contributed by atoms with Gasteiger partial charge in [0, 0.05) is 5.70 Å². The zero-order valence-electron chi connectivity index (χ0n) is 23.2. The fourth-order valence-electron chi connectivity index (χ4n) is 3.80. The van der Waals surface area contributed by atoms with E-state index in [1.165, 1.54) is 20.4 Å². The van der Waals surface area contributed by atoms with Gasteiger partial charge in [-0.25, -0.2) is 14.4 Å². The maximum atomic E-state index is 12.4. The molecule has 0 saturated carbocycles. The number of nitrogens with one attached hydrogen (secondary N) is 3. The molecule has 1 aliphatic rings. The first kappa shape index (κ1) is 32.7. The third kappa shape index (κ3) is 8.59. The number of aliphatic hydroxyl groups excluding tert-OH is 1. The lowest BCUT2D eigenvalue weighted by molar-refractivity contribution is -0.143. The predicted molar refractivity (Wildman–Crippen MR) is 158 cm³/mol. The number of nitrogens with zero attached hydrogens (tertiary/aromatic N) is 1. The normalized spacial score (nSPS) is 15.4. The van der Waals surface area contributed by atoms with E-state index in [1.54, 1.807) is 44.2 Å². The molecule has 15 heteroatoms. The van der Waals surface area contributed by atoms with Crippen LogP contribution in [0.5, 0.6) is 17.2 Å². The third-order valence-corrected chi connectivity index (χ3v) is 6.87. The number of esters is 2. The van der Waals surface area contributed by atoms with Gasteiger partial charge in [-0.2, -0.15) is 5.10 Å². The average Bonchev–Trinajstić information content (AvgIpc) is 2.95. The lowest BCUT2D eigenvalue weighted by Gasteiger charge is -2.28. The van der Waals surface area contributed by atoms with E-state index in [0.717, 1.165) is 0 Å². The zero-order chi connectivity index (χ0) is 30.8. The number of hydrazone groups is 1. The maximum absolute atomic E-state index is 12.4. The highest BCUT2D eigenvalue weighted by Crippen LogP contribution is 2.36. The molecule has 0 aliphatic carbocycles. The molecular formula is C27H30Br2N4O9. The van der Waals surface area contributed by atoms with Gasteiger partial charge >= 0.3 is 18.0 Å². The topological polar surface area (TPSA) is 166 Å². The SMILES string of the molecule is CCOc1cc([C@@H]2NC(=O)NC(C)=C2C(=O)OC)ccc1OC[C@@H](O)N/N=C\c1cc(Br)c(OCC(=O)OC)c(Br)c1. The summed E-state index contributed by atoms with van der Waals surface area (Å²) in [5, 5.41) is 19.7. The van der Waals surface area contributed by atoms with Gasteiger partial charge in [0.2, 0.25) is 0 Å². The summed E-state index contributed by atoms with van der Waals surface area (Å²) < 4.78 is 27.6. The molecule has 2 aromatic carbocycles. The molecule has 1 heterocycles. The molecule has 4 N–H and O–H groups in total. The number of carbonyl (C=O) groups excluding carboxylic acids is 3. The number of carbonyl (C=O) groups is 3. The van der Waals surface area contributed by atoms with Gasteiger partial charge in [0.1, 0.15) is 12.4 Å². The first-order valence-electron chi connectivity index (χ1n) is 12.5. The summed E-state index contributed by atoms with van der Waals surface area (Å²) in [7, 11) is 2.54. The van der Waals surface area contributed by atoms with Crippen LogP contribution >= 0.6 is 31.9 Å². The van der Waals surface area contributed by atoms with Crippen molar-refractivity contribution < 1.29 is 43.2 Å². The highest BCUT2D eigenvalue weighted by molar-refractivity contribution is 9.11. The van der Waals surface area contributed by atoms with E-state index in [1.807, 2.05) is 0 Å². The lowest BCUT2D eigenvalue weighted by atomic mass is 9.95. The summed E-state index contributed by atoms with van der Waals surface area (Å²) in [6.07, 6.45) is 0.301. The fraction of sp³-hybridized carbons (Fsp3) is 0.333. The van der Waals surface area contributed by atoms with E-state index in [0.29, 0.717) is 49.6 Å². The summed E-state index contributed by atoms with van der Waals surface area (Å²) in [6, 6.07) is 7.15. The van der Waals surface area contributed by atoms with E-state index >= 15 is 0 Å². The number of methoxy groups -OCH3 is 2. The van der Waals surface area contributed by atoms with Gasteiger partial charge in [-0.05, 0) is 81.1 Å². The number of ether oxygens (including phenoxy) is 5. The molecule has 2 atom stereocenters. The Kier molecular flexibility index (Phi) is 12.0. The monoisotopic (exact) mass is 712 g/mol. The maximum Gasteiger partial charge on any atom is 0.343 e. The quantitative estimate of drug-likeness (QED) is 0.105. The number of allylic oxidation sites excluding steroid dienone is 1. The molecule has 0 fully saturated rings. The van der Waals surface area contributed by atoms with Crippen molar-refractivity contribution in [3.63, 3.8) is 0 Å². The second-order valence-electron chi connectivity index (χ2n) is 8.59. The van der Waals surface area contributed by atoms with Crippen LogP contribution in [0, 0.1) is 0 Å². The Balaban J connectivity index is 1.65. The van der Waals surface area contributed by atoms with Gasteiger partial charge in [-0.15, -0.1) is 0 Å². The van der Waals surface area contributed by atoms with E-state index in [9.17, 15) is 19.5 Å². The van der Waals surface area contributed by atoms with Crippen LogP contribution in [0.25, 0.3) is 0 Å². The average molecular weight is 714 g/mol. The summed E-state index contributed by atoms with van der Waals surface area (Å²) in [5.41, 5.74) is 4.45. The molecular weight excluding hydrogens is 684 g/mol. The molecule has 0 radical (unpaired) electrons. The van der Waals surface area contributed by atoms with Crippen LogP contribution in [0.1, 0.15) is 31.0 Å². The molecule has 0 aromatic heterocycles. The molecule has 0 spiro atoms. The van der Waals surface area contributed by atoms with Gasteiger partial charge in [-0.3, -0.25) is 5.43 Å². The third-order valence-electron chi connectivity index (χ3n) is 5.69. The number of urea groups is 1. The molecule has 3 rings (SSSR count). The van der Waals surface area contributed by atoms with Crippen molar-refractivity contribution >= 4 is 56.0 Å².